The lowest BCUT2D eigenvalue weighted by atomic mass is 10.1. The highest BCUT2D eigenvalue weighted by molar-refractivity contribution is 14.1. The van der Waals surface area contributed by atoms with Crippen LogP contribution in [0.1, 0.15) is 18.6 Å². The van der Waals surface area contributed by atoms with Gasteiger partial charge in [-0.05, 0) is 59.3 Å². The van der Waals surface area contributed by atoms with Gasteiger partial charge in [0.25, 0.3) is 0 Å². The molecule has 2 rings (SSSR count). The van der Waals surface area contributed by atoms with Gasteiger partial charge >= 0.3 is 0 Å². The number of hydrogen-bond donors (Lipinski definition) is 2. The third kappa shape index (κ3) is 5.65. The second-order valence-electron chi connectivity index (χ2n) is 4.93. The second kappa shape index (κ2) is 8.36. The predicted octanol–water partition coefficient (Wildman–Crippen LogP) is 3.84. The zero-order valence-corrected chi connectivity index (χ0v) is 14.2. The number of aliphatic hydroxyl groups excluding tert-OH is 1. The average molecular weight is 397 g/mol. The highest BCUT2D eigenvalue weighted by Gasteiger charge is 2.09. The summed E-state index contributed by atoms with van der Waals surface area (Å²) < 4.78 is 6.90. The molecule has 0 fully saturated rings. The van der Waals surface area contributed by atoms with Crippen LogP contribution in [0.5, 0.6) is 0 Å². The van der Waals surface area contributed by atoms with Crippen molar-refractivity contribution in [1.29, 1.82) is 0 Å². The molecule has 0 amide bonds. The monoisotopic (exact) mass is 397 g/mol. The van der Waals surface area contributed by atoms with E-state index in [1.54, 1.807) is 0 Å². The molecular weight excluding hydrogens is 377 g/mol. The smallest absolute Gasteiger partial charge is 0.0945 e. The third-order valence-corrected chi connectivity index (χ3v) is 3.91. The van der Waals surface area contributed by atoms with Gasteiger partial charge in [0.2, 0.25) is 0 Å². The highest BCUT2D eigenvalue weighted by Crippen LogP contribution is 2.16. The van der Waals surface area contributed by atoms with Crippen LogP contribution in [-0.4, -0.2) is 24.4 Å². The molecule has 3 nitrogen and oxygen atoms in total. The summed E-state index contributed by atoms with van der Waals surface area (Å²) in [5.41, 5.74) is 2.13. The quantitative estimate of drug-likeness (QED) is 0.698. The zero-order chi connectivity index (χ0) is 15.1. The molecule has 0 saturated carbocycles. The minimum Gasteiger partial charge on any atom is -0.389 e. The maximum Gasteiger partial charge on any atom is 0.0945 e. The first-order chi connectivity index (χ1) is 10.1. The van der Waals surface area contributed by atoms with Crippen molar-refractivity contribution < 1.29 is 9.84 Å². The maximum atomic E-state index is 9.97. The maximum absolute atomic E-state index is 9.97. The lowest BCUT2D eigenvalue weighted by molar-refractivity contribution is 0.00243. The SMILES string of the molecule is CC(OCC(O)CNc1ccc(I)cc1)c1ccccc1. The summed E-state index contributed by atoms with van der Waals surface area (Å²) in [6, 6.07) is 18.1. The second-order valence-corrected chi connectivity index (χ2v) is 6.17. The van der Waals surface area contributed by atoms with Crippen molar-refractivity contribution >= 4 is 28.3 Å². The molecule has 4 heteroatoms. The predicted molar refractivity (Wildman–Crippen MR) is 94.5 cm³/mol. The van der Waals surface area contributed by atoms with Crippen LogP contribution in [0.15, 0.2) is 54.6 Å². The van der Waals surface area contributed by atoms with Crippen molar-refractivity contribution in [2.75, 3.05) is 18.5 Å². The summed E-state index contributed by atoms with van der Waals surface area (Å²) in [5.74, 6) is 0. The zero-order valence-electron chi connectivity index (χ0n) is 12.0. The molecule has 0 bridgehead atoms. The fourth-order valence-electron chi connectivity index (χ4n) is 1.94. The van der Waals surface area contributed by atoms with Crippen molar-refractivity contribution in [3.63, 3.8) is 0 Å². The number of nitrogens with one attached hydrogen (secondary N) is 1. The van der Waals surface area contributed by atoms with Crippen molar-refractivity contribution in [1.82, 2.24) is 0 Å². The first kappa shape index (κ1) is 16.3. The van der Waals surface area contributed by atoms with Gasteiger partial charge in [0.05, 0.1) is 18.8 Å². The van der Waals surface area contributed by atoms with E-state index in [-0.39, 0.29) is 6.10 Å². The Morgan fingerprint density at radius 1 is 1.10 bits per heavy atom. The van der Waals surface area contributed by atoms with Gasteiger partial charge in [-0.1, -0.05) is 30.3 Å². The molecule has 0 radical (unpaired) electrons. The Morgan fingerprint density at radius 2 is 1.76 bits per heavy atom. The molecule has 2 N–H and O–H groups in total. The normalized spacial score (nSPS) is 13.7. The first-order valence-corrected chi connectivity index (χ1v) is 8.07. The number of anilines is 1. The Kier molecular flexibility index (Phi) is 6.48. The van der Waals surface area contributed by atoms with Crippen LogP contribution in [0.3, 0.4) is 0 Å². The van der Waals surface area contributed by atoms with E-state index in [1.807, 2.05) is 61.5 Å². The van der Waals surface area contributed by atoms with E-state index in [9.17, 15) is 5.11 Å². The summed E-state index contributed by atoms with van der Waals surface area (Å²) in [6.07, 6.45) is -0.547. The van der Waals surface area contributed by atoms with Crippen LogP contribution >= 0.6 is 22.6 Å². The van der Waals surface area contributed by atoms with Crippen LogP contribution in [-0.2, 0) is 4.74 Å². The summed E-state index contributed by atoms with van der Waals surface area (Å²) in [7, 11) is 0. The van der Waals surface area contributed by atoms with E-state index in [4.69, 9.17) is 4.74 Å². The molecular formula is C17H20INO2. The molecule has 0 aliphatic rings. The molecule has 0 saturated heterocycles. The fraction of sp³-hybridized carbons (Fsp3) is 0.294. The van der Waals surface area contributed by atoms with Gasteiger partial charge in [0.1, 0.15) is 0 Å². The summed E-state index contributed by atoms with van der Waals surface area (Å²) in [6.45, 7) is 2.78. The van der Waals surface area contributed by atoms with Crippen molar-refractivity contribution in [3.8, 4) is 0 Å². The molecule has 2 aromatic carbocycles. The van der Waals surface area contributed by atoms with E-state index in [0.29, 0.717) is 13.2 Å². The van der Waals surface area contributed by atoms with E-state index in [0.717, 1.165) is 11.3 Å². The van der Waals surface area contributed by atoms with Crippen LogP contribution in [0.25, 0.3) is 0 Å². The number of aliphatic hydroxyl groups is 1. The molecule has 2 unspecified atom stereocenters. The van der Waals surface area contributed by atoms with Gasteiger partial charge in [-0.15, -0.1) is 0 Å². The summed E-state index contributed by atoms with van der Waals surface area (Å²) >= 11 is 2.27. The van der Waals surface area contributed by atoms with E-state index in [1.165, 1.54) is 3.57 Å². The Balaban J connectivity index is 1.72. The number of hydrogen-bond acceptors (Lipinski definition) is 3. The first-order valence-electron chi connectivity index (χ1n) is 6.99. The van der Waals surface area contributed by atoms with Gasteiger partial charge in [-0.3, -0.25) is 0 Å². The molecule has 0 aromatic heterocycles. The lowest BCUT2D eigenvalue weighted by Gasteiger charge is -2.17. The van der Waals surface area contributed by atoms with Crippen molar-refractivity contribution in [2.24, 2.45) is 0 Å². The minimum atomic E-state index is -0.532. The third-order valence-electron chi connectivity index (χ3n) is 3.19. The van der Waals surface area contributed by atoms with Crippen LogP contribution in [0.2, 0.25) is 0 Å². The molecule has 21 heavy (non-hydrogen) atoms. The van der Waals surface area contributed by atoms with E-state index < -0.39 is 6.10 Å². The number of halogens is 1. The fourth-order valence-corrected chi connectivity index (χ4v) is 2.30. The van der Waals surface area contributed by atoms with E-state index >= 15 is 0 Å². The Hall–Kier alpha value is -1.11. The molecule has 2 atom stereocenters. The average Bonchev–Trinajstić information content (AvgIpc) is 2.53. The van der Waals surface area contributed by atoms with Crippen LogP contribution < -0.4 is 5.32 Å². The Morgan fingerprint density at radius 3 is 2.43 bits per heavy atom. The van der Waals surface area contributed by atoms with Gasteiger partial charge < -0.3 is 15.2 Å². The molecule has 0 aliphatic carbocycles. The van der Waals surface area contributed by atoms with Crippen molar-refractivity contribution in [3.05, 3.63) is 63.7 Å². The largest absolute Gasteiger partial charge is 0.389 e. The van der Waals surface area contributed by atoms with Gasteiger partial charge in [-0.25, -0.2) is 0 Å². The number of rotatable bonds is 7. The van der Waals surface area contributed by atoms with Gasteiger partial charge in [0.15, 0.2) is 0 Å². The van der Waals surface area contributed by atoms with Gasteiger partial charge in [0, 0.05) is 15.8 Å². The molecule has 0 aliphatic heterocycles. The molecule has 0 spiro atoms. The minimum absolute atomic E-state index is 0.0147. The molecule has 0 heterocycles. The Labute approximate surface area is 139 Å². The number of ether oxygens (including phenoxy) is 1. The lowest BCUT2D eigenvalue weighted by Crippen LogP contribution is -2.25. The highest BCUT2D eigenvalue weighted by atomic mass is 127. The van der Waals surface area contributed by atoms with E-state index in [2.05, 4.69) is 27.9 Å². The summed E-state index contributed by atoms with van der Waals surface area (Å²) in [4.78, 5) is 0. The number of benzene rings is 2. The standard InChI is InChI=1S/C17H20INO2/c1-13(14-5-3-2-4-6-14)21-12-17(20)11-19-16-9-7-15(18)8-10-16/h2-10,13,17,19-20H,11-12H2,1H3. The summed E-state index contributed by atoms with van der Waals surface area (Å²) in [5, 5.41) is 13.2. The van der Waals surface area contributed by atoms with Crippen LogP contribution in [0.4, 0.5) is 5.69 Å². The van der Waals surface area contributed by atoms with Crippen LogP contribution in [0, 0.1) is 3.57 Å². The molecule has 112 valence electrons. The van der Waals surface area contributed by atoms with Crippen molar-refractivity contribution in [2.45, 2.75) is 19.1 Å². The van der Waals surface area contributed by atoms with Gasteiger partial charge in [-0.2, -0.15) is 0 Å². The Bertz CT molecular complexity index is 530. The topological polar surface area (TPSA) is 41.5 Å². The molecule has 2 aromatic rings.